The van der Waals surface area contributed by atoms with Crippen LogP contribution in [0.25, 0.3) is 0 Å². The lowest BCUT2D eigenvalue weighted by atomic mass is 9.84. The molecule has 3 saturated heterocycles. The van der Waals surface area contributed by atoms with Crippen molar-refractivity contribution in [3.05, 3.63) is 0 Å². The van der Waals surface area contributed by atoms with E-state index in [2.05, 4.69) is 0 Å². The van der Waals surface area contributed by atoms with Gasteiger partial charge in [-0.15, -0.1) is 0 Å². The molecule has 0 unspecified atom stereocenters. The van der Waals surface area contributed by atoms with E-state index >= 15 is 0 Å². The summed E-state index contributed by atoms with van der Waals surface area (Å²) in [7, 11) is 0. The standard InChI is InChI=1S/C23H45N5O13/c1-5-12(30)15(33)10(27)21(36-5)39-18-7(26)2-6(25)13(31)20(18)41-23-17(35)19(9(4-29)38-23)40-22-11(28)16(34)14(32)8(3-24)37-22/h5-23,29-35H,2-4,24-28H2,1H3/t5-,6-,7+,8+,9-,10-,11-,12-,13+,14-,15-,16-,17-,18-,19-,20-,21-,22-,23+/m1/s1. The Morgan fingerprint density at radius 1 is 0.610 bits per heavy atom. The van der Waals surface area contributed by atoms with Crippen molar-refractivity contribution in [2.45, 2.75) is 130 Å². The van der Waals surface area contributed by atoms with Gasteiger partial charge in [-0.05, 0) is 13.3 Å². The number of ether oxygens (including phenoxy) is 6. The van der Waals surface area contributed by atoms with E-state index in [0.29, 0.717) is 0 Å². The average molecular weight is 600 g/mol. The third kappa shape index (κ3) is 6.55. The van der Waals surface area contributed by atoms with Crippen LogP contribution in [-0.4, -0.2) is 165 Å². The van der Waals surface area contributed by atoms with E-state index in [4.69, 9.17) is 57.1 Å². The van der Waals surface area contributed by atoms with Crippen LogP contribution in [-0.2, 0) is 28.4 Å². The van der Waals surface area contributed by atoms with Crippen LogP contribution in [0.15, 0.2) is 0 Å². The molecule has 240 valence electrons. The zero-order valence-electron chi connectivity index (χ0n) is 22.6. The first-order valence-corrected chi connectivity index (χ1v) is 13.6. The maximum Gasteiger partial charge on any atom is 0.187 e. The van der Waals surface area contributed by atoms with Gasteiger partial charge < -0.3 is 92.8 Å². The summed E-state index contributed by atoms with van der Waals surface area (Å²) in [6.45, 7) is 0.726. The third-order valence-corrected chi connectivity index (χ3v) is 8.28. The van der Waals surface area contributed by atoms with Crippen molar-refractivity contribution in [2.24, 2.45) is 28.7 Å². The minimum Gasteiger partial charge on any atom is -0.394 e. The molecule has 4 aliphatic rings. The van der Waals surface area contributed by atoms with E-state index in [-0.39, 0.29) is 13.0 Å². The summed E-state index contributed by atoms with van der Waals surface area (Å²) in [6, 6.07) is -4.07. The lowest BCUT2D eigenvalue weighted by Gasteiger charge is -2.47. The van der Waals surface area contributed by atoms with E-state index in [1.165, 1.54) is 6.92 Å². The Bertz CT molecular complexity index is 852. The van der Waals surface area contributed by atoms with Gasteiger partial charge in [0.05, 0.1) is 30.9 Å². The number of aliphatic hydroxyl groups is 7. The van der Waals surface area contributed by atoms with Crippen LogP contribution in [0.5, 0.6) is 0 Å². The molecule has 4 rings (SSSR count). The van der Waals surface area contributed by atoms with Crippen LogP contribution >= 0.6 is 0 Å². The van der Waals surface area contributed by atoms with Gasteiger partial charge in [0, 0.05) is 18.6 Å². The Morgan fingerprint density at radius 2 is 1.15 bits per heavy atom. The molecule has 3 heterocycles. The SMILES string of the molecule is C[C@H]1O[C@H](O[C@H]2[C@H](O[C@@H]3O[C@H](CO)[C@@H](O[C@H]4O[C@@H](CN)[C@@H](O)[C@H](O)[C@H]4N)[C@H]3O)[C@@H](O)[C@H](N)C[C@@H]2N)[C@H](N)[C@@H](O)[C@@H]1O. The van der Waals surface area contributed by atoms with Crippen molar-refractivity contribution in [3.63, 3.8) is 0 Å². The molecule has 18 heteroatoms. The fourth-order valence-electron chi connectivity index (χ4n) is 5.64. The Labute approximate surface area is 236 Å². The van der Waals surface area contributed by atoms with Crippen LogP contribution in [0.2, 0.25) is 0 Å². The largest absolute Gasteiger partial charge is 0.394 e. The smallest absolute Gasteiger partial charge is 0.187 e. The fraction of sp³-hybridized carbons (Fsp3) is 1.00. The summed E-state index contributed by atoms with van der Waals surface area (Å²) in [6.07, 6.45) is -19.1. The predicted molar refractivity (Wildman–Crippen MR) is 135 cm³/mol. The molecule has 0 spiro atoms. The summed E-state index contributed by atoms with van der Waals surface area (Å²) >= 11 is 0. The van der Waals surface area contributed by atoms with Crippen molar-refractivity contribution in [1.29, 1.82) is 0 Å². The second kappa shape index (κ2) is 13.5. The molecular weight excluding hydrogens is 554 g/mol. The van der Waals surface area contributed by atoms with Crippen molar-refractivity contribution >= 4 is 0 Å². The van der Waals surface area contributed by atoms with Gasteiger partial charge in [0.1, 0.15) is 61.0 Å². The highest BCUT2D eigenvalue weighted by Crippen LogP contribution is 2.34. The second-order valence-corrected chi connectivity index (χ2v) is 11.2. The van der Waals surface area contributed by atoms with Crippen molar-refractivity contribution < 1.29 is 64.2 Å². The van der Waals surface area contributed by atoms with E-state index in [1.54, 1.807) is 0 Å². The van der Waals surface area contributed by atoms with Gasteiger partial charge in [-0.3, -0.25) is 0 Å². The number of nitrogens with two attached hydrogens (primary N) is 5. The molecule has 0 amide bonds. The molecule has 18 nitrogen and oxygen atoms in total. The predicted octanol–water partition coefficient (Wildman–Crippen LogP) is -7.83. The molecule has 0 bridgehead atoms. The van der Waals surface area contributed by atoms with Crippen molar-refractivity contribution in [2.75, 3.05) is 13.2 Å². The normalized spacial score (nSPS) is 54.8. The molecule has 19 atom stereocenters. The van der Waals surface area contributed by atoms with E-state index in [1.807, 2.05) is 0 Å². The minimum atomic E-state index is -1.59. The van der Waals surface area contributed by atoms with Gasteiger partial charge in [0.15, 0.2) is 18.9 Å². The number of rotatable bonds is 8. The highest BCUT2D eigenvalue weighted by Gasteiger charge is 2.54. The van der Waals surface area contributed by atoms with E-state index in [9.17, 15) is 35.7 Å². The van der Waals surface area contributed by atoms with Gasteiger partial charge in [-0.2, -0.15) is 0 Å². The first-order valence-electron chi connectivity index (χ1n) is 13.6. The van der Waals surface area contributed by atoms with Gasteiger partial charge in [-0.1, -0.05) is 0 Å². The summed E-state index contributed by atoms with van der Waals surface area (Å²) < 4.78 is 34.6. The monoisotopic (exact) mass is 599 g/mol. The molecule has 1 aliphatic carbocycles. The molecule has 1 saturated carbocycles. The van der Waals surface area contributed by atoms with Crippen LogP contribution in [0.1, 0.15) is 13.3 Å². The van der Waals surface area contributed by atoms with Crippen LogP contribution < -0.4 is 28.7 Å². The highest BCUT2D eigenvalue weighted by atomic mass is 16.8. The summed E-state index contributed by atoms with van der Waals surface area (Å²) in [5, 5.41) is 72.7. The number of hydrogen-bond acceptors (Lipinski definition) is 18. The maximum absolute atomic E-state index is 11.1. The molecule has 0 aromatic rings. The summed E-state index contributed by atoms with van der Waals surface area (Å²) in [5.41, 5.74) is 30.0. The Morgan fingerprint density at radius 3 is 1.76 bits per heavy atom. The lowest BCUT2D eigenvalue weighted by Crippen LogP contribution is -2.67. The van der Waals surface area contributed by atoms with Crippen LogP contribution in [0, 0.1) is 0 Å². The van der Waals surface area contributed by atoms with E-state index < -0.39 is 123 Å². The van der Waals surface area contributed by atoms with Gasteiger partial charge in [0.2, 0.25) is 0 Å². The Kier molecular flexibility index (Phi) is 10.9. The molecule has 17 N–H and O–H groups in total. The first kappa shape index (κ1) is 33.2. The Hall–Kier alpha value is -0.720. The van der Waals surface area contributed by atoms with Gasteiger partial charge in [-0.25, -0.2) is 0 Å². The molecular formula is C23H45N5O13. The van der Waals surface area contributed by atoms with Crippen LogP contribution in [0.4, 0.5) is 0 Å². The third-order valence-electron chi connectivity index (χ3n) is 8.28. The lowest BCUT2D eigenvalue weighted by molar-refractivity contribution is -0.306. The van der Waals surface area contributed by atoms with Gasteiger partial charge in [0.25, 0.3) is 0 Å². The maximum atomic E-state index is 11.1. The quantitative estimate of drug-likeness (QED) is 0.123. The molecule has 41 heavy (non-hydrogen) atoms. The minimum absolute atomic E-state index is 0.112. The topological polar surface area (TPSA) is 327 Å². The molecule has 3 aliphatic heterocycles. The Balaban J connectivity index is 1.49. The summed E-state index contributed by atoms with van der Waals surface area (Å²) in [5.74, 6) is 0. The first-order chi connectivity index (χ1) is 19.3. The number of aliphatic hydroxyl groups excluding tert-OH is 7. The summed E-state index contributed by atoms with van der Waals surface area (Å²) in [4.78, 5) is 0. The molecule has 4 fully saturated rings. The van der Waals surface area contributed by atoms with Crippen LogP contribution in [0.3, 0.4) is 0 Å². The molecule has 0 aromatic carbocycles. The zero-order valence-corrected chi connectivity index (χ0v) is 22.6. The van der Waals surface area contributed by atoms with Gasteiger partial charge >= 0.3 is 0 Å². The van der Waals surface area contributed by atoms with Crippen molar-refractivity contribution in [3.8, 4) is 0 Å². The molecule has 0 aromatic heterocycles. The highest BCUT2D eigenvalue weighted by molar-refractivity contribution is 5.02. The van der Waals surface area contributed by atoms with E-state index in [0.717, 1.165) is 0 Å². The second-order valence-electron chi connectivity index (χ2n) is 11.2. The average Bonchev–Trinajstić information content (AvgIpc) is 3.24. The number of hydrogen-bond donors (Lipinski definition) is 12. The van der Waals surface area contributed by atoms with Crippen molar-refractivity contribution in [1.82, 2.24) is 0 Å². The zero-order chi connectivity index (χ0) is 30.3. The fourth-order valence-corrected chi connectivity index (χ4v) is 5.64. The molecule has 0 radical (unpaired) electrons.